The summed E-state index contributed by atoms with van der Waals surface area (Å²) in [4.78, 5) is 0. The Morgan fingerprint density at radius 1 is 1.41 bits per heavy atom. The van der Waals surface area contributed by atoms with Gasteiger partial charge in [0.05, 0.1) is 0 Å². The summed E-state index contributed by atoms with van der Waals surface area (Å²) in [6, 6.07) is 6.14. The van der Waals surface area contributed by atoms with Gasteiger partial charge in [0, 0.05) is 6.04 Å². The zero-order valence-electron chi connectivity index (χ0n) is 10.8. The van der Waals surface area contributed by atoms with Gasteiger partial charge < -0.3 is 5.32 Å². The summed E-state index contributed by atoms with van der Waals surface area (Å²) in [5.41, 5.74) is 2.02. The van der Waals surface area contributed by atoms with Crippen LogP contribution in [0.1, 0.15) is 37.3 Å². The van der Waals surface area contributed by atoms with Crippen molar-refractivity contribution in [3.8, 4) is 0 Å². The highest BCUT2D eigenvalue weighted by Gasteiger charge is 2.29. The lowest BCUT2D eigenvalue weighted by molar-refractivity contribution is 0.446. The van der Waals surface area contributed by atoms with E-state index in [1.165, 1.54) is 24.8 Å². The number of nitrogens with one attached hydrogen (secondary N) is 1. The van der Waals surface area contributed by atoms with E-state index in [-0.39, 0.29) is 5.82 Å². The predicted molar refractivity (Wildman–Crippen MR) is 69.6 cm³/mol. The number of rotatable bonds is 6. The van der Waals surface area contributed by atoms with Crippen LogP contribution in [0.15, 0.2) is 18.2 Å². The molecule has 2 rings (SSSR count). The van der Waals surface area contributed by atoms with Gasteiger partial charge in [-0.05, 0) is 62.3 Å². The van der Waals surface area contributed by atoms with Crippen LogP contribution in [-0.4, -0.2) is 12.6 Å². The van der Waals surface area contributed by atoms with Gasteiger partial charge in [-0.1, -0.05) is 19.1 Å². The van der Waals surface area contributed by atoms with Gasteiger partial charge >= 0.3 is 0 Å². The van der Waals surface area contributed by atoms with Crippen molar-refractivity contribution in [3.63, 3.8) is 0 Å². The average Bonchev–Trinajstić information content (AvgIpc) is 3.13. The largest absolute Gasteiger partial charge is 0.314 e. The standard InChI is InChI=1S/C15H22FN/c1-3-17-15(13-6-7-13)9-5-12-4-8-14(16)11(2)10-12/h4,8,10,13,15,17H,3,5-7,9H2,1-2H3. The Balaban J connectivity index is 1.89. The van der Waals surface area contributed by atoms with Gasteiger partial charge in [0.25, 0.3) is 0 Å². The molecular formula is C15H22FN. The molecule has 1 nitrogen and oxygen atoms in total. The molecule has 94 valence electrons. The maximum Gasteiger partial charge on any atom is 0.126 e. The van der Waals surface area contributed by atoms with Crippen molar-refractivity contribution in [2.24, 2.45) is 5.92 Å². The van der Waals surface area contributed by atoms with E-state index in [1.54, 1.807) is 6.07 Å². The maximum atomic E-state index is 13.1. The Hall–Kier alpha value is -0.890. The molecule has 1 aliphatic carbocycles. The number of benzene rings is 1. The minimum absolute atomic E-state index is 0.0980. The molecule has 1 atom stereocenters. The Morgan fingerprint density at radius 3 is 2.76 bits per heavy atom. The second-order valence-electron chi connectivity index (χ2n) is 5.12. The van der Waals surface area contributed by atoms with Crippen LogP contribution in [0.2, 0.25) is 0 Å². The third-order valence-electron chi connectivity index (χ3n) is 3.62. The van der Waals surface area contributed by atoms with Crippen LogP contribution >= 0.6 is 0 Å². The molecule has 0 bridgehead atoms. The van der Waals surface area contributed by atoms with Crippen molar-refractivity contribution in [1.82, 2.24) is 5.32 Å². The number of halogens is 1. The van der Waals surface area contributed by atoms with Crippen molar-refractivity contribution < 1.29 is 4.39 Å². The summed E-state index contributed by atoms with van der Waals surface area (Å²) in [6.07, 6.45) is 4.97. The van der Waals surface area contributed by atoms with Crippen molar-refractivity contribution in [2.75, 3.05) is 6.54 Å². The van der Waals surface area contributed by atoms with Crippen LogP contribution in [0.4, 0.5) is 4.39 Å². The highest BCUT2D eigenvalue weighted by atomic mass is 19.1. The van der Waals surface area contributed by atoms with Crippen molar-refractivity contribution in [3.05, 3.63) is 35.1 Å². The van der Waals surface area contributed by atoms with Gasteiger partial charge in [-0.3, -0.25) is 0 Å². The smallest absolute Gasteiger partial charge is 0.126 e. The molecule has 0 aliphatic heterocycles. The number of hydrogen-bond acceptors (Lipinski definition) is 1. The fourth-order valence-electron chi connectivity index (χ4n) is 2.45. The molecule has 1 unspecified atom stereocenters. The minimum Gasteiger partial charge on any atom is -0.314 e. The van der Waals surface area contributed by atoms with Gasteiger partial charge in [-0.15, -0.1) is 0 Å². The first-order valence-corrected chi connectivity index (χ1v) is 6.69. The molecule has 0 amide bonds. The predicted octanol–water partition coefficient (Wildman–Crippen LogP) is 3.45. The minimum atomic E-state index is -0.0980. The zero-order valence-corrected chi connectivity index (χ0v) is 10.8. The van der Waals surface area contributed by atoms with Gasteiger partial charge in [-0.2, -0.15) is 0 Å². The SMILES string of the molecule is CCNC(CCc1ccc(F)c(C)c1)C1CC1. The van der Waals surface area contributed by atoms with E-state index >= 15 is 0 Å². The van der Waals surface area contributed by atoms with Gasteiger partial charge in [0.2, 0.25) is 0 Å². The van der Waals surface area contributed by atoms with Crippen LogP contribution in [0.3, 0.4) is 0 Å². The second kappa shape index (κ2) is 5.63. The Bertz CT molecular complexity index is 371. The molecule has 0 aromatic heterocycles. The van der Waals surface area contributed by atoms with Gasteiger partial charge in [0.15, 0.2) is 0 Å². The molecule has 0 heterocycles. The lowest BCUT2D eigenvalue weighted by Crippen LogP contribution is -2.31. The molecule has 1 fully saturated rings. The fraction of sp³-hybridized carbons (Fsp3) is 0.600. The molecule has 1 aliphatic rings. The monoisotopic (exact) mass is 235 g/mol. The van der Waals surface area contributed by atoms with Crippen LogP contribution in [0, 0.1) is 18.7 Å². The van der Waals surface area contributed by atoms with E-state index in [0.29, 0.717) is 6.04 Å². The Kier molecular flexibility index (Phi) is 4.16. The second-order valence-corrected chi connectivity index (χ2v) is 5.12. The third kappa shape index (κ3) is 3.53. The molecule has 0 radical (unpaired) electrons. The molecular weight excluding hydrogens is 213 g/mol. The number of aryl methyl sites for hydroxylation is 2. The topological polar surface area (TPSA) is 12.0 Å². The van der Waals surface area contributed by atoms with Gasteiger partial charge in [-0.25, -0.2) is 4.39 Å². The highest BCUT2D eigenvalue weighted by molar-refractivity contribution is 5.24. The highest BCUT2D eigenvalue weighted by Crippen LogP contribution is 2.34. The van der Waals surface area contributed by atoms with Crippen LogP contribution in [0.25, 0.3) is 0 Å². The summed E-state index contributed by atoms with van der Waals surface area (Å²) in [7, 11) is 0. The molecule has 2 heteroatoms. The molecule has 1 saturated carbocycles. The van der Waals surface area contributed by atoms with Crippen molar-refractivity contribution in [2.45, 2.75) is 45.6 Å². The normalized spacial score (nSPS) is 17.1. The van der Waals surface area contributed by atoms with Crippen LogP contribution < -0.4 is 5.32 Å². The average molecular weight is 235 g/mol. The Labute approximate surface area is 103 Å². The van der Waals surface area contributed by atoms with E-state index in [9.17, 15) is 4.39 Å². The first kappa shape index (κ1) is 12.6. The molecule has 17 heavy (non-hydrogen) atoms. The number of hydrogen-bond donors (Lipinski definition) is 1. The quantitative estimate of drug-likeness (QED) is 0.796. The zero-order chi connectivity index (χ0) is 12.3. The fourth-order valence-corrected chi connectivity index (χ4v) is 2.45. The lowest BCUT2D eigenvalue weighted by atomic mass is 10.0. The summed E-state index contributed by atoms with van der Waals surface area (Å²) in [6.45, 7) is 5.04. The van der Waals surface area contributed by atoms with Crippen LogP contribution in [0.5, 0.6) is 0 Å². The summed E-state index contributed by atoms with van der Waals surface area (Å²) >= 11 is 0. The molecule has 0 saturated heterocycles. The molecule has 1 N–H and O–H groups in total. The summed E-state index contributed by atoms with van der Waals surface area (Å²) in [5, 5.41) is 3.57. The van der Waals surface area contributed by atoms with E-state index in [2.05, 4.69) is 12.2 Å². The van der Waals surface area contributed by atoms with Crippen molar-refractivity contribution >= 4 is 0 Å². The van der Waals surface area contributed by atoms with E-state index in [1.807, 2.05) is 19.1 Å². The first-order valence-electron chi connectivity index (χ1n) is 6.69. The van der Waals surface area contributed by atoms with E-state index < -0.39 is 0 Å². The molecule has 1 aromatic carbocycles. The van der Waals surface area contributed by atoms with E-state index in [4.69, 9.17) is 0 Å². The maximum absolute atomic E-state index is 13.1. The van der Waals surface area contributed by atoms with Crippen LogP contribution in [-0.2, 0) is 6.42 Å². The third-order valence-corrected chi connectivity index (χ3v) is 3.62. The van der Waals surface area contributed by atoms with E-state index in [0.717, 1.165) is 24.4 Å². The molecule has 0 spiro atoms. The summed E-state index contributed by atoms with van der Waals surface area (Å²) in [5.74, 6) is 0.788. The van der Waals surface area contributed by atoms with Crippen molar-refractivity contribution in [1.29, 1.82) is 0 Å². The lowest BCUT2D eigenvalue weighted by Gasteiger charge is -2.17. The Morgan fingerprint density at radius 2 is 2.18 bits per heavy atom. The van der Waals surface area contributed by atoms with Gasteiger partial charge in [0.1, 0.15) is 5.82 Å². The molecule has 1 aromatic rings. The summed E-state index contributed by atoms with van der Waals surface area (Å²) < 4.78 is 13.1. The first-order chi connectivity index (χ1) is 8.20.